The van der Waals surface area contributed by atoms with Crippen LogP contribution in [-0.4, -0.2) is 56.8 Å². The van der Waals surface area contributed by atoms with E-state index < -0.39 is 50.0 Å². The van der Waals surface area contributed by atoms with E-state index in [0.717, 1.165) is 43.2 Å². The number of fused-ring (bicyclic) bond motifs is 3. The van der Waals surface area contributed by atoms with Gasteiger partial charge in [0.1, 0.15) is 10.6 Å². The second kappa shape index (κ2) is 9.40. The van der Waals surface area contributed by atoms with E-state index in [0.29, 0.717) is 12.1 Å². The number of aryl methyl sites for hydroxylation is 1. The Kier molecular flexibility index (Phi) is 6.76. The molecule has 2 aromatic carbocycles. The highest BCUT2D eigenvalue weighted by atomic mass is 32.2. The normalized spacial score (nSPS) is 23.9. The summed E-state index contributed by atoms with van der Waals surface area (Å²) in [7, 11) is -4.45. The SMILES string of the molecule is O=C(CN1CC[C@@]2(S(=O)(=O)c3ccc(F)cc3)c3ccc(C(F)(C(F)(F)F)C(F)(F)F)cc3CC[C@@H]12)NC1CC1. The molecule has 1 amide bonds. The van der Waals surface area contributed by atoms with Crippen LogP contribution in [0.2, 0.25) is 0 Å². The summed E-state index contributed by atoms with van der Waals surface area (Å²) < 4.78 is 136. The lowest BCUT2D eigenvalue weighted by molar-refractivity contribution is -0.348. The Bertz CT molecular complexity index is 1410. The molecule has 2 aromatic rings. The third-order valence-electron chi connectivity index (χ3n) is 8.07. The molecule has 0 bridgehead atoms. The predicted molar refractivity (Wildman–Crippen MR) is 126 cm³/mol. The van der Waals surface area contributed by atoms with E-state index in [9.17, 15) is 48.3 Å². The number of benzene rings is 2. The number of sulfone groups is 1. The van der Waals surface area contributed by atoms with Crippen LogP contribution >= 0.6 is 0 Å². The largest absolute Gasteiger partial charge is 0.435 e. The number of likely N-dealkylation sites (tertiary alicyclic amines) is 1. The number of halogens is 8. The molecule has 5 rings (SSSR count). The Morgan fingerprint density at radius 1 is 0.950 bits per heavy atom. The van der Waals surface area contributed by atoms with Gasteiger partial charge in [-0.1, -0.05) is 18.2 Å². The van der Waals surface area contributed by atoms with E-state index in [1.54, 1.807) is 4.90 Å². The van der Waals surface area contributed by atoms with Crippen molar-refractivity contribution < 1.29 is 48.3 Å². The van der Waals surface area contributed by atoms with E-state index in [4.69, 9.17) is 0 Å². The van der Waals surface area contributed by atoms with Crippen molar-refractivity contribution in [2.75, 3.05) is 13.1 Å². The summed E-state index contributed by atoms with van der Waals surface area (Å²) in [6.07, 6.45) is -11.3. The molecule has 40 heavy (non-hydrogen) atoms. The third-order valence-corrected chi connectivity index (χ3v) is 10.6. The second-order valence-corrected chi connectivity index (χ2v) is 12.7. The summed E-state index contributed by atoms with van der Waals surface area (Å²) in [4.78, 5) is 13.9. The van der Waals surface area contributed by atoms with Crippen molar-refractivity contribution in [1.29, 1.82) is 0 Å². The molecule has 0 unspecified atom stereocenters. The Labute approximate surface area is 224 Å². The first-order valence-electron chi connectivity index (χ1n) is 12.5. The van der Waals surface area contributed by atoms with Gasteiger partial charge < -0.3 is 5.32 Å². The maximum Gasteiger partial charge on any atom is 0.435 e. The molecule has 14 heteroatoms. The van der Waals surface area contributed by atoms with Crippen LogP contribution in [0.1, 0.15) is 42.4 Å². The molecule has 1 saturated heterocycles. The van der Waals surface area contributed by atoms with Gasteiger partial charge in [0, 0.05) is 24.2 Å². The summed E-state index contributed by atoms with van der Waals surface area (Å²) in [6.45, 7) is -0.0759. The van der Waals surface area contributed by atoms with Gasteiger partial charge in [-0.2, -0.15) is 26.3 Å². The fraction of sp³-hybridized carbons (Fsp3) is 0.500. The van der Waals surface area contributed by atoms with Crippen molar-refractivity contribution in [2.24, 2.45) is 0 Å². The summed E-state index contributed by atoms with van der Waals surface area (Å²) in [5, 5.41) is 2.81. The van der Waals surface area contributed by atoms with Crippen molar-refractivity contribution in [3.63, 3.8) is 0 Å². The average Bonchev–Trinajstić information content (AvgIpc) is 3.59. The van der Waals surface area contributed by atoms with Crippen molar-refractivity contribution in [1.82, 2.24) is 10.2 Å². The van der Waals surface area contributed by atoms with Crippen LogP contribution in [0.25, 0.3) is 0 Å². The summed E-state index contributed by atoms with van der Waals surface area (Å²) in [6, 6.07) is 4.66. The molecule has 218 valence electrons. The van der Waals surface area contributed by atoms with Crippen LogP contribution in [0.5, 0.6) is 0 Å². The molecule has 0 spiro atoms. The number of nitrogens with zero attached hydrogens (tertiary/aromatic N) is 1. The van der Waals surface area contributed by atoms with Crippen molar-refractivity contribution in [3.05, 3.63) is 65.0 Å². The number of nitrogens with one attached hydrogen (secondary N) is 1. The van der Waals surface area contributed by atoms with E-state index in [1.165, 1.54) is 0 Å². The van der Waals surface area contributed by atoms with Gasteiger partial charge in [-0.25, -0.2) is 17.2 Å². The molecule has 2 aliphatic carbocycles. The lowest BCUT2D eigenvalue weighted by atomic mass is 9.77. The molecule has 0 radical (unpaired) electrons. The fourth-order valence-corrected chi connectivity index (χ4v) is 8.41. The molecule has 3 aliphatic rings. The topological polar surface area (TPSA) is 66.5 Å². The van der Waals surface area contributed by atoms with Gasteiger partial charge in [-0.3, -0.25) is 9.69 Å². The van der Waals surface area contributed by atoms with E-state index >= 15 is 0 Å². The van der Waals surface area contributed by atoms with Crippen LogP contribution in [0, 0.1) is 5.82 Å². The number of hydrogen-bond donors (Lipinski definition) is 1. The standard InChI is InChI=1S/C26H24F8N2O3S/c27-17-3-7-19(8-4-17)40(38,39)23-11-12-36(14-22(37)35-18-5-6-18)21(23)10-1-15-13-16(2-9-20(15)23)24(28,25(29,30)31)26(32,33)34/h2-4,7-9,13,18,21H,1,5-6,10-12,14H2,(H,35,37)/t21-,23-/m1/s1. The Morgan fingerprint density at radius 2 is 1.57 bits per heavy atom. The second-order valence-electron chi connectivity index (χ2n) is 10.5. The van der Waals surface area contributed by atoms with Crippen LogP contribution < -0.4 is 5.32 Å². The average molecular weight is 597 g/mol. The molecule has 1 aliphatic heterocycles. The number of carbonyl (C=O) groups excluding carboxylic acids is 1. The lowest BCUT2D eigenvalue weighted by Gasteiger charge is -2.43. The quantitative estimate of drug-likeness (QED) is 0.373. The number of amides is 1. The Balaban J connectivity index is 1.64. The van der Waals surface area contributed by atoms with Gasteiger partial charge in [0.2, 0.25) is 5.91 Å². The van der Waals surface area contributed by atoms with E-state index in [1.807, 2.05) is 0 Å². The third kappa shape index (κ3) is 4.38. The predicted octanol–water partition coefficient (Wildman–Crippen LogP) is 5.08. The van der Waals surface area contributed by atoms with Crippen LogP contribution in [0.3, 0.4) is 0 Å². The molecule has 0 aromatic heterocycles. The molecule has 1 N–H and O–H groups in total. The molecule has 5 nitrogen and oxygen atoms in total. The van der Waals surface area contributed by atoms with E-state index in [2.05, 4.69) is 5.32 Å². The number of hydrogen-bond acceptors (Lipinski definition) is 4. The minimum Gasteiger partial charge on any atom is -0.352 e. The number of rotatable bonds is 6. The highest BCUT2D eigenvalue weighted by molar-refractivity contribution is 7.92. The van der Waals surface area contributed by atoms with E-state index in [-0.39, 0.29) is 60.3 Å². The molecule has 1 heterocycles. The molecular formula is C26H24F8N2O3S. The zero-order chi connectivity index (χ0) is 29.3. The highest BCUT2D eigenvalue weighted by Gasteiger charge is 2.73. The van der Waals surface area contributed by atoms with Crippen molar-refractivity contribution >= 4 is 15.7 Å². The van der Waals surface area contributed by atoms with Gasteiger partial charge in [0.05, 0.1) is 11.4 Å². The summed E-state index contributed by atoms with van der Waals surface area (Å²) in [5.74, 6) is -1.05. The first-order valence-corrected chi connectivity index (χ1v) is 14.0. The first-order chi connectivity index (χ1) is 18.5. The Hall–Kier alpha value is -2.74. The Morgan fingerprint density at radius 3 is 2.15 bits per heavy atom. The van der Waals surface area contributed by atoms with Crippen LogP contribution in [0.4, 0.5) is 35.1 Å². The minimum atomic E-state index is -6.33. The molecule has 2 fully saturated rings. The summed E-state index contributed by atoms with van der Waals surface area (Å²) in [5.41, 5.74) is -7.59. The molecule has 1 saturated carbocycles. The zero-order valence-corrected chi connectivity index (χ0v) is 21.6. The van der Waals surface area contributed by atoms with Crippen molar-refractivity contribution in [2.45, 2.75) is 71.9 Å². The number of carbonyl (C=O) groups is 1. The van der Waals surface area contributed by atoms with Crippen molar-refractivity contribution in [3.8, 4) is 0 Å². The maximum absolute atomic E-state index is 14.9. The highest BCUT2D eigenvalue weighted by Crippen LogP contribution is 2.56. The van der Waals surface area contributed by atoms with Gasteiger partial charge in [0.25, 0.3) is 0 Å². The van der Waals surface area contributed by atoms with Gasteiger partial charge in [-0.05, 0) is 67.5 Å². The maximum atomic E-state index is 14.9. The van der Waals surface area contributed by atoms with Crippen LogP contribution in [0.15, 0.2) is 47.4 Å². The number of alkyl halides is 7. The lowest BCUT2D eigenvalue weighted by Crippen LogP contribution is -2.53. The minimum absolute atomic E-state index is 0.0368. The smallest absolute Gasteiger partial charge is 0.352 e. The fourth-order valence-electron chi connectivity index (χ4n) is 6.02. The first kappa shape index (κ1) is 28.8. The van der Waals surface area contributed by atoms with Gasteiger partial charge in [0.15, 0.2) is 9.84 Å². The molecular weight excluding hydrogens is 572 g/mol. The zero-order valence-electron chi connectivity index (χ0n) is 20.7. The monoisotopic (exact) mass is 596 g/mol. The van der Waals surface area contributed by atoms with Crippen LogP contribution in [-0.2, 0) is 31.5 Å². The van der Waals surface area contributed by atoms with Gasteiger partial charge >= 0.3 is 18.0 Å². The molecule has 2 atom stereocenters. The summed E-state index contributed by atoms with van der Waals surface area (Å²) >= 11 is 0. The van der Waals surface area contributed by atoms with Gasteiger partial charge in [-0.15, -0.1) is 0 Å².